The summed E-state index contributed by atoms with van der Waals surface area (Å²) in [6, 6.07) is 10.1. The first kappa shape index (κ1) is 16.7. The number of hydrogen-bond acceptors (Lipinski definition) is 4. The van der Waals surface area contributed by atoms with Crippen LogP contribution in [-0.4, -0.2) is 14.3 Å². The molecule has 0 saturated heterocycles. The van der Waals surface area contributed by atoms with E-state index in [1.807, 2.05) is 6.07 Å². The lowest BCUT2D eigenvalue weighted by atomic mass is 10.1. The number of carbonyl (C=O) groups excluding carboxylic acids is 1. The Balaban J connectivity index is 1.89. The van der Waals surface area contributed by atoms with Crippen molar-refractivity contribution < 1.29 is 13.2 Å². The zero-order valence-electron chi connectivity index (χ0n) is 12.2. The van der Waals surface area contributed by atoms with Crippen LogP contribution in [0.3, 0.4) is 0 Å². The van der Waals surface area contributed by atoms with Crippen LogP contribution in [0.5, 0.6) is 0 Å². The quantitative estimate of drug-likeness (QED) is 0.842. The van der Waals surface area contributed by atoms with Crippen LogP contribution in [-0.2, 0) is 34.2 Å². The minimum atomic E-state index is -3.69. The molecule has 0 bridgehead atoms. The number of sulfonamides is 1. The van der Waals surface area contributed by atoms with Crippen LogP contribution in [0.15, 0.2) is 41.3 Å². The molecule has 2 rings (SSSR count). The Bertz CT molecular complexity index is 749. The number of thiophene rings is 1. The molecule has 22 heavy (non-hydrogen) atoms. The maximum Gasteiger partial charge on any atom is 0.238 e. The molecule has 5 nitrogen and oxygen atoms in total. The molecule has 3 N–H and O–H groups in total. The molecule has 1 amide bonds. The van der Waals surface area contributed by atoms with Crippen LogP contribution < -0.4 is 10.5 Å². The summed E-state index contributed by atoms with van der Waals surface area (Å²) in [6.07, 6.45) is 1.20. The van der Waals surface area contributed by atoms with E-state index in [1.165, 1.54) is 17.0 Å². The highest BCUT2D eigenvalue weighted by Crippen LogP contribution is 2.16. The molecule has 0 aliphatic carbocycles. The molecule has 0 aliphatic rings. The first-order valence-corrected chi connectivity index (χ1v) is 9.21. The van der Waals surface area contributed by atoms with E-state index in [4.69, 9.17) is 5.14 Å². The van der Waals surface area contributed by atoms with Gasteiger partial charge in [-0.25, -0.2) is 13.6 Å². The summed E-state index contributed by atoms with van der Waals surface area (Å²) in [4.78, 5) is 14.4. The van der Waals surface area contributed by atoms with Crippen LogP contribution in [0.2, 0.25) is 0 Å². The van der Waals surface area contributed by atoms with E-state index in [0.717, 1.165) is 16.9 Å². The molecule has 1 aromatic carbocycles. The van der Waals surface area contributed by atoms with Crippen LogP contribution in [0.25, 0.3) is 0 Å². The minimum absolute atomic E-state index is 0.0438. The smallest absolute Gasteiger partial charge is 0.238 e. The SMILES string of the molecule is CCc1ccc(CNC(=O)Cc2ccc(S(N)(=O)=O)cc2)s1. The highest BCUT2D eigenvalue weighted by Gasteiger charge is 2.09. The number of carbonyl (C=O) groups is 1. The summed E-state index contributed by atoms with van der Waals surface area (Å²) in [6.45, 7) is 2.61. The van der Waals surface area contributed by atoms with Gasteiger partial charge in [0, 0.05) is 9.75 Å². The zero-order chi connectivity index (χ0) is 16.2. The van der Waals surface area contributed by atoms with Gasteiger partial charge in [0.2, 0.25) is 15.9 Å². The minimum Gasteiger partial charge on any atom is -0.351 e. The molecule has 1 heterocycles. The van der Waals surface area contributed by atoms with E-state index in [2.05, 4.69) is 18.3 Å². The molecule has 0 unspecified atom stereocenters. The normalized spacial score (nSPS) is 11.4. The van der Waals surface area contributed by atoms with Gasteiger partial charge >= 0.3 is 0 Å². The molecule has 0 fully saturated rings. The standard InChI is InChI=1S/C15H18N2O3S2/c1-2-12-5-6-13(21-12)10-17-15(18)9-11-3-7-14(8-4-11)22(16,19)20/h3-8H,2,9-10H2,1H3,(H,17,18)(H2,16,19,20). The van der Waals surface area contributed by atoms with Crippen LogP contribution in [0, 0.1) is 0 Å². The Kier molecular flexibility index (Phi) is 5.33. The Morgan fingerprint density at radius 2 is 1.77 bits per heavy atom. The highest BCUT2D eigenvalue weighted by atomic mass is 32.2. The fraction of sp³-hybridized carbons (Fsp3) is 0.267. The number of aryl methyl sites for hydroxylation is 1. The number of rotatable bonds is 6. The number of primary sulfonamides is 1. The Morgan fingerprint density at radius 1 is 1.14 bits per heavy atom. The van der Waals surface area contributed by atoms with Crippen LogP contribution in [0.1, 0.15) is 22.2 Å². The summed E-state index contributed by atoms with van der Waals surface area (Å²) < 4.78 is 22.3. The molecule has 1 aromatic heterocycles. The third-order valence-corrected chi connectivity index (χ3v) is 5.30. The monoisotopic (exact) mass is 338 g/mol. The Labute approximate surface area is 134 Å². The first-order chi connectivity index (χ1) is 10.4. The van der Waals surface area contributed by atoms with Gasteiger partial charge in [-0.15, -0.1) is 11.3 Å². The van der Waals surface area contributed by atoms with Crippen molar-refractivity contribution in [3.8, 4) is 0 Å². The topological polar surface area (TPSA) is 89.3 Å². The van der Waals surface area contributed by atoms with Crippen molar-refractivity contribution in [2.45, 2.75) is 31.2 Å². The maximum atomic E-state index is 11.9. The lowest BCUT2D eigenvalue weighted by Gasteiger charge is -2.05. The van der Waals surface area contributed by atoms with Crippen molar-refractivity contribution in [2.24, 2.45) is 5.14 Å². The Hall–Kier alpha value is -1.70. The van der Waals surface area contributed by atoms with Gasteiger partial charge < -0.3 is 5.32 Å². The van der Waals surface area contributed by atoms with Crippen molar-refractivity contribution >= 4 is 27.3 Å². The van der Waals surface area contributed by atoms with Crippen LogP contribution in [0.4, 0.5) is 0 Å². The van der Waals surface area contributed by atoms with Crippen molar-refractivity contribution in [3.63, 3.8) is 0 Å². The molecular weight excluding hydrogens is 320 g/mol. The second-order valence-corrected chi connectivity index (χ2v) is 7.68. The molecular formula is C15H18N2O3S2. The van der Waals surface area contributed by atoms with Gasteiger partial charge in [-0.1, -0.05) is 19.1 Å². The maximum absolute atomic E-state index is 11.9. The number of nitrogens with one attached hydrogen (secondary N) is 1. The van der Waals surface area contributed by atoms with E-state index in [0.29, 0.717) is 6.54 Å². The summed E-state index contributed by atoms with van der Waals surface area (Å²) >= 11 is 1.69. The van der Waals surface area contributed by atoms with Gasteiger partial charge in [0.05, 0.1) is 17.9 Å². The van der Waals surface area contributed by atoms with E-state index in [-0.39, 0.29) is 17.2 Å². The third-order valence-electron chi connectivity index (χ3n) is 3.14. The van der Waals surface area contributed by atoms with E-state index in [1.54, 1.807) is 23.5 Å². The second-order valence-electron chi connectivity index (χ2n) is 4.86. The molecule has 2 aromatic rings. The lowest BCUT2D eigenvalue weighted by Crippen LogP contribution is -2.24. The zero-order valence-corrected chi connectivity index (χ0v) is 13.8. The fourth-order valence-electron chi connectivity index (χ4n) is 1.94. The molecule has 118 valence electrons. The van der Waals surface area contributed by atoms with Gasteiger partial charge in [-0.05, 0) is 36.2 Å². The predicted molar refractivity (Wildman–Crippen MR) is 87.1 cm³/mol. The third kappa shape index (κ3) is 4.66. The number of benzene rings is 1. The van der Waals surface area contributed by atoms with Gasteiger partial charge in [0.1, 0.15) is 0 Å². The highest BCUT2D eigenvalue weighted by molar-refractivity contribution is 7.89. The van der Waals surface area contributed by atoms with Gasteiger partial charge in [-0.2, -0.15) is 0 Å². The second kappa shape index (κ2) is 7.04. The predicted octanol–water partition coefficient (Wildman–Crippen LogP) is 1.82. The number of nitrogens with two attached hydrogens (primary N) is 1. The Morgan fingerprint density at radius 3 is 2.32 bits per heavy atom. The van der Waals surface area contributed by atoms with Crippen molar-refractivity contribution in [1.82, 2.24) is 5.32 Å². The first-order valence-electron chi connectivity index (χ1n) is 6.84. The molecule has 0 atom stereocenters. The summed E-state index contributed by atoms with van der Waals surface area (Å²) in [7, 11) is -3.69. The average Bonchev–Trinajstić information content (AvgIpc) is 2.93. The van der Waals surface area contributed by atoms with Gasteiger partial charge in [0.15, 0.2) is 0 Å². The van der Waals surface area contributed by atoms with Crippen molar-refractivity contribution in [2.75, 3.05) is 0 Å². The summed E-state index contributed by atoms with van der Waals surface area (Å²) in [5.41, 5.74) is 0.741. The fourth-order valence-corrected chi connectivity index (χ4v) is 3.35. The molecule has 0 saturated carbocycles. The van der Waals surface area contributed by atoms with E-state index < -0.39 is 10.0 Å². The molecule has 0 aliphatic heterocycles. The summed E-state index contributed by atoms with van der Waals surface area (Å²) in [5, 5.41) is 7.89. The van der Waals surface area contributed by atoms with E-state index in [9.17, 15) is 13.2 Å². The van der Waals surface area contributed by atoms with Gasteiger partial charge in [0.25, 0.3) is 0 Å². The lowest BCUT2D eigenvalue weighted by molar-refractivity contribution is -0.120. The number of amides is 1. The average molecular weight is 338 g/mol. The summed E-state index contributed by atoms with van der Waals surface area (Å²) in [5.74, 6) is -0.102. The largest absolute Gasteiger partial charge is 0.351 e. The van der Waals surface area contributed by atoms with Crippen molar-refractivity contribution in [1.29, 1.82) is 0 Å². The molecule has 7 heteroatoms. The molecule has 0 spiro atoms. The van der Waals surface area contributed by atoms with Crippen molar-refractivity contribution in [3.05, 3.63) is 51.7 Å². The van der Waals surface area contributed by atoms with Crippen LogP contribution >= 0.6 is 11.3 Å². The molecule has 0 radical (unpaired) electrons. The number of hydrogen-bond donors (Lipinski definition) is 2. The van der Waals surface area contributed by atoms with E-state index >= 15 is 0 Å². The van der Waals surface area contributed by atoms with Gasteiger partial charge in [-0.3, -0.25) is 4.79 Å².